The van der Waals surface area contributed by atoms with Crippen LogP contribution in [-0.2, 0) is 13.7 Å². The first-order valence-corrected chi connectivity index (χ1v) is 13.5. The van der Waals surface area contributed by atoms with Crippen LogP contribution in [0.4, 0.5) is 5.82 Å². The number of hydrogen-bond acceptors (Lipinski definition) is 10. The molecule has 1 aliphatic rings. The van der Waals surface area contributed by atoms with E-state index < -0.39 is 35.7 Å². The molecule has 1 aliphatic heterocycles. The van der Waals surface area contributed by atoms with Gasteiger partial charge in [0, 0.05) is 5.25 Å². The van der Waals surface area contributed by atoms with Crippen LogP contribution in [0, 0.1) is 0 Å². The number of thioether (sulfide) groups is 1. The average molecular weight is 585 g/mol. The topological polar surface area (TPSA) is 343 Å². The Morgan fingerprint density at radius 2 is 1.26 bits per heavy atom. The molecule has 19 nitrogen and oxygen atoms in total. The summed E-state index contributed by atoms with van der Waals surface area (Å²) < 4.78 is 28.4. The van der Waals surface area contributed by atoms with Gasteiger partial charge in [-0.05, 0) is 0 Å². The summed E-state index contributed by atoms with van der Waals surface area (Å²) in [6.45, 7) is 1.88. The van der Waals surface area contributed by atoms with Crippen LogP contribution < -0.4 is 5.73 Å². The third-order valence-corrected chi connectivity index (χ3v) is 4.63. The number of fused-ring (bicyclic) bond motifs is 1. The number of anilines is 1. The molecular weight excluding hydrogens is 562 g/mol. The molecule has 0 saturated carbocycles. The van der Waals surface area contributed by atoms with Gasteiger partial charge < -0.3 is 60.0 Å². The van der Waals surface area contributed by atoms with Gasteiger partial charge in [-0.15, -0.1) is 11.8 Å². The van der Waals surface area contributed by atoms with E-state index in [0.717, 1.165) is 0 Å². The van der Waals surface area contributed by atoms with Crippen LogP contribution in [0.3, 0.4) is 0 Å². The van der Waals surface area contributed by atoms with Crippen molar-refractivity contribution in [1.29, 1.82) is 0 Å². The average Bonchev–Trinajstić information content (AvgIpc) is 3.08. The fraction of sp³-hybridized carbons (Fsp3) is 0.500. The Labute approximate surface area is 216 Å². The van der Waals surface area contributed by atoms with E-state index in [-0.39, 0.29) is 40.2 Å². The second-order valence-corrected chi connectivity index (χ2v) is 10.4. The van der Waals surface area contributed by atoms with Crippen LogP contribution in [0.15, 0.2) is 12.7 Å². The molecule has 0 amide bonds. The Kier molecular flexibility index (Phi) is 15.5. The Balaban J connectivity index is 0. The predicted molar refractivity (Wildman–Crippen MR) is 118 cm³/mol. The molecule has 0 aromatic carbocycles. The van der Waals surface area contributed by atoms with Crippen molar-refractivity contribution in [1.82, 2.24) is 19.5 Å². The number of hydrogen-bond donors (Lipinski definition) is 12. The number of aliphatic hydroxyl groups is 2. The molecule has 1 saturated heterocycles. The van der Waals surface area contributed by atoms with Gasteiger partial charge in [0.15, 0.2) is 11.5 Å². The van der Waals surface area contributed by atoms with Crippen molar-refractivity contribution in [2.24, 2.45) is 0 Å². The molecule has 24 heteroatoms. The summed E-state index contributed by atoms with van der Waals surface area (Å²) in [5.41, 5.74) is 6.79. The maximum atomic E-state index is 10.0. The van der Waals surface area contributed by atoms with Crippen molar-refractivity contribution in [2.75, 3.05) is 5.73 Å². The first-order valence-electron chi connectivity index (χ1n) is 7.89. The second kappa shape index (κ2) is 14.6. The molecule has 3 heterocycles. The Morgan fingerprint density at radius 3 is 1.62 bits per heavy atom. The van der Waals surface area contributed by atoms with Gasteiger partial charge in [0.25, 0.3) is 0 Å². The van der Waals surface area contributed by atoms with Gasteiger partial charge in [0.1, 0.15) is 23.3 Å². The van der Waals surface area contributed by atoms with E-state index in [2.05, 4.69) is 15.0 Å². The third kappa shape index (κ3) is 16.6. The van der Waals surface area contributed by atoms with Crippen LogP contribution in [0.25, 0.3) is 11.2 Å². The molecule has 194 valence electrons. The number of nitrogens with two attached hydrogens (primary N) is 1. The van der Waals surface area contributed by atoms with Gasteiger partial charge in [-0.25, -0.2) is 28.6 Å². The molecule has 0 spiro atoms. The van der Waals surface area contributed by atoms with E-state index in [1.807, 2.05) is 6.92 Å². The van der Waals surface area contributed by atoms with E-state index in [4.69, 9.17) is 63.5 Å². The minimum atomic E-state index is -4.64. The number of nitrogen functional groups attached to an aromatic ring is 1. The summed E-state index contributed by atoms with van der Waals surface area (Å²) in [4.78, 5) is 76.8. The van der Waals surface area contributed by atoms with Gasteiger partial charge >= 0.3 is 53.0 Å². The standard InChI is InChI=1S/C10H13N5O2S.Na.3H3O4P.H/c1-4-6(16)7(17)10(18-4)15-3-14-5-8(11)12-2-13-9(5)15;;3*1-5(2,3)4;/h2-4,6-7,10,16-17H,1H3,(H2,11,12,13);;3*(H3,1,2,3,4);/t4-,6-,7-,10-;;;;;/m1...../s1. The molecule has 2 aromatic rings. The zero-order chi connectivity index (χ0) is 26.4. The molecular formula is C10H23N5NaO14P3S. The first-order chi connectivity index (χ1) is 14.6. The Morgan fingerprint density at radius 1 is 0.853 bits per heavy atom. The number of aliphatic hydroxyl groups excluding tert-OH is 2. The number of rotatable bonds is 1. The van der Waals surface area contributed by atoms with Crippen molar-refractivity contribution in [3.05, 3.63) is 12.7 Å². The zero-order valence-electron chi connectivity index (χ0n) is 16.2. The number of aromatic nitrogens is 4. The van der Waals surface area contributed by atoms with Crippen LogP contribution >= 0.6 is 35.2 Å². The number of phosphoric acid groups is 3. The molecule has 34 heavy (non-hydrogen) atoms. The van der Waals surface area contributed by atoms with E-state index >= 15 is 0 Å². The van der Waals surface area contributed by atoms with Crippen LogP contribution in [0.1, 0.15) is 12.3 Å². The molecule has 2 aromatic heterocycles. The number of nitrogens with zero attached hydrogens (tertiary/aromatic N) is 4. The summed E-state index contributed by atoms with van der Waals surface area (Å²) in [6.07, 6.45) is 1.33. The summed E-state index contributed by atoms with van der Waals surface area (Å²) in [5, 5.41) is 19.5. The fourth-order valence-corrected chi connectivity index (χ4v) is 3.48. The van der Waals surface area contributed by atoms with Crippen LogP contribution in [-0.4, -0.2) is 121 Å². The molecule has 3 rings (SSSR count). The Bertz CT molecular complexity index is 972. The van der Waals surface area contributed by atoms with Crippen molar-refractivity contribution in [2.45, 2.75) is 29.8 Å². The van der Waals surface area contributed by atoms with Gasteiger partial charge in [-0.3, -0.25) is 4.57 Å². The van der Waals surface area contributed by atoms with Gasteiger partial charge in [-0.1, -0.05) is 6.92 Å². The third-order valence-electron chi connectivity index (χ3n) is 3.14. The predicted octanol–water partition coefficient (Wildman–Crippen LogP) is -3.67. The quantitative estimate of drug-likeness (QED) is 0.113. The van der Waals surface area contributed by atoms with Crippen LogP contribution in [0.2, 0.25) is 0 Å². The van der Waals surface area contributed by atoms with Crippen molar-refractivity contribution in [3.63, 3.8) is 0 Å². The SMILES string of the molecule is C[C@H]1S[C@@H](n2cnc3c(N)ncnc32)[C@H](O)[C@@H]1O.O=P(O)(O)O.O=P(O)(O)O.O=P(O)(O)O.[NaH]. The molecule has 0 unspecified atom stereocenters. The number of imidazole rings is 1. The molecule has 1 fully saturated rings. The monoisotopic (exact) mass is 585 g/mol. The summed E-state index contributed by atoms with van der Waals surface area (Å²) in [5.74, 6) is 0.310. The maximum absolute atomic E-state index is 10.0. The molecule has 0 radical (unpaired) electrons. The summed E-state index contributed by atoms with van der Waals surface area (Å²) >= 11 is 1.48. The van der Waals surface area contributed by atoms with E-state index in [1.54, 1.807) is 10.9 Å². The Hall–Kier alpha value is -0.0500. The molecule has 0 aliphatic carbocycles. The van der Waals surface area contributed by atoms with Crippen molar-refractivity contribution >= 4 is 81.8 Å². The molecule has 13 N–H and O–H groups in total. The first kappa shape index (κ1) is 36.1. The van der Waals surface area contributed by atoms with E-state index in [0.29, 0.717) is 17.0 Å². The molecule has 4 atom stereocenters. The zero-order valence-corrected chi connectivity index (χ0v) is 19.7. The summed E-state index contributed by atoms with van der Waals surface area (Å²) in [6, 6.07) is 0. The van der Waals surface area contributed by atoms with Gasteiger partial charge in [0.2, 0.25) is 0 Å². The fourth-order valence-electron chi connectivity index (χ4n) is 2.11. The van der Waals surface area contributed by atoms with Crippen LogP contribution in [0.5, 0.6) is 0 Å². The normalized spacial score (nSPS) is 22.2. The summed E-state index contributed by atoms with van der Waals surface area (Å²) in [7, 11) is -13.9. The van der Waals surface area contributed by atoms with Gasteiger partial charge in [0.05, 0.1) is 12.4 Å². The van der Waals surface area contributed by atoms with Crippen molar-refractivity contribution in [3.8, 4) is 0 Å². The van der Waals surface area contributed by atoms with Gasteiger partial charge in [-0.2, -0.15) is 0 Å². The van der Waals surface area contributed by atoms with Crippen molar-refractivity contribution < 1.29 is 67.9 Å². The molecule has 0 bridgehead atoms. The second-order valence-electron chi connectivity index (χ2n) is 5.84. The minimum absolute atomic E-state index is 0. The van der Waals surface area contributed by atoms with E-state index in [1.165, 1.54) is 18.1 Å². The van der Waals surface area contributed by atoms with E-state index in [9.17, 15) is 10.2 Å².